The molecule has 0 aliphatic carbocycles. The number of furan rings is 1. The van der Waals surface area contributed by atoms with E-state index in [-0.39, 0.29) is 0 Å². The fourth-order valence-corrected chi connectivity index (χ4v) is 8.56. The van der Waals surface area contributed by atoms with E-state index in [1.165, 1.54) is 44.1 Å². The summed E-state index contributed by atoms with van der Waals surface area (Å²) < 4.78 is 9.05. The molecule has 0 bridgehead atoms. The molecule has 3 heteroatoms. The number of nitrogens with zero attached hydrogens (tertiary/aromatic N) is 2. The molecule has 3 nitrogen and oxygen atoms in total. The number of rotatable bonds is 7. The summed E-state index contributed by atoms with van der Waals surface area (Å²) >= 11 is 0. The van der Waals surface area contributed by atoms with Crippen LogP contribution in [0.1, 0.15) is 0 Å². The van der Waals surface area contributed by atoms with E-state index in [4.69, 9.17) is 4.42 Å². The lowest BCUT2D eigenvalue weighted by molar-refractivity contribution is 0.669. The van der Waals surface area contributed by atoms with Crippen molar-refractivity contribution in [3.8, 4) is 39.1 Å². The van der Waals surface area contributed by atoms with Crippen LogP contribution in [0, 0.1) is 0 Å². The molecule has 9 aromatic carbocycles. The summed E-state index contributed by atoms with van der Waals surface area (Å²) in [6, 6.07) is 78.0. The Kier molecular flexibility index (Phi) is 7.82. The van der Waals surface area contributed by atoms with Crippen molar-refractivity contribution in [2.75, 3.05) is 4.90 Å². The molecule has 0 atom stereocenters. The van der Waals surface area contributed by atoms with Crippen molar-refractivity contribution in [1.29, 1.82) is 0 Å². The minimum absolute atomic E-state index is 0.857. The zero-order valence-corrected chi connectivity index (χ0v) is 31.1. The molecule has 0 saturated carbocycles. The zero-order chi connectivity index (χ0) is 37.7. The maximum atomic E-state index is 6.67. The lowest BCUT2D eigenvalue weighted by Crippen LogP contribution is -2.10. The summed E-state index contributed by atoms with van der Waals surface area (Å²) in [6.45, 7) is 0. The number of anilines is 3. The second-order valence-electron chi connectivity index (χ2n) is 14.5. The predicted octanol–water partition coefficient (Wildman–Crippen LogP) is 15.2. The van der Waals surface area contributed by atoms with Crippen LogP contribution in [-0.2, 0) is 0 Å². The molecule has 0 spiro atoms. The van der Waals surface area contributed by atoms with Crippen molar-refractivity contribution in [2.24, 2.45) is 0 Å². The van der Waals surface area contributed by atoms with Crippen LogP contribution in [-0.4, -0.2) is 4.57 Å². The third-order valence-corrected chi connectivity index (χ3v) is 11.2. The van der Waals surface area contributed by atoms with E-state index in [1.807, 2.05) is 12.1 Å². The van der Waals surface area contributed by atoms with Crippen molar-refractivity contribution < 1.29 is 4.42 Å². The van der Waals surface area contributed by atoms with Crippen LogP contribution < -0.4 is 4.90 Å². The molecule has 0 unspecified atom stereocenters. The summed E-state index contributed by atoms with van der Waals surface area (Å²) in [4.78, 5) is 2.34. The molecular formula is C54H36N2O. The number of para-hydroxylation sites is 4. The molecule has 2 heterocycles. The number of fused-ring (bicyclic) bond motifs is 6. The summed E-state index contributed by atoms with van der Waals surface area (Å²) in [5.41, 5.74) is 15.3. The van der Waals surface area contributed by atoms with Crippen LogP contribution in [0.3, 0.4) is 0 Å². The van der Waals surface area contributed by atoms with Gasteiger partial charge in [-0.3, -0.25) is 0 Å². The summed E-state index contributed by atoms with van der Waals surface area (Å²) in [6.07, 6.45) is 0. The van der Waals surface area contributed by atoms with Crippen LogP contribution in [0.5, 0.6) is 0 Å². The lowest BCUT2D eigenvalue weighted by Gasteiger charge is -2.27. The van der Waals surface area contributed by atoms with Gasteiger partial charge in [0.25, 0.3) is 0 Å². The quantitative estimate of drug-likeness (QED) is 0.163. The van der Waals surface area contributed by atoms with Gasteiger partial charge in [-0.05, 0) is 94.0 Å². The molecule has 0 N–H and O–H groups in total. The first kappa shape index (κ1) is 32.8. The highest BCUT2D eigenvalue weighted by Gasteiger charge is 2.21. The van der Waals surface area contributed by atoms with Gasteiger partial charge in [-0.1, -0.05) is 158 Å². The van der Waals surface area contributed by atoms with Gasteiger partial charge in [0.1, 0.15) is 5.58 Å². The van der Waals surface area contributed by atoms with Gasteiger partial charge in [0.05, 0.1) is 16.7 Å². The van der Waals surface area contributed by atoms with Crippen LogP contribution >= 0.6 is 0 Å². The van der Waals surface area contributed by atoms with E-state index in [9.17, 15) is 0 Å². The topological polar surface area (TPSA) is 21.3 Å². The molecule has 0 fully saturated rings. The molecule has 0 aliphatic heterocycles. The highest BCUT2D eigenvalue weighted by molar-refractivity contribution is 6.11. The Labute approximate surface area is 330 Å². The van der Waals surface area contributed by atoms with Crippen LogP contribution in [0.4, 0.5) is 17.1 Å². The monoisotopic (exact) mass is 728 g/mol. The summed E-state index contributed by atoms with van der Waals surface area (Å²) in [7, 11) is 0. The third-order valence-electron chi connectivity index (χ3n) is 11.2. The minimum Gasteiger partial charge on any atom is -0.454 e. The maximum Gasteiger partial charge on any atom is 0.159 e. The molecule has 2 aromatic heterocycles. The maximum absolute atomic E-state index is 6.67. The molecule has 268 valence electrons. The van der Waals surface area contributed by atoms with Gasteiger partial charge in [-0.15, -0.1) is 0 Å². The van der Waals surface area contributed by atoms with Gasteiger partial charge >= 0.3 is 0 Å². The molecule has 0 amide bonds. The van der Waals surface area contributed by atoms with Crippen molar-refractivity contribution in [3.05, 3.63) is 218 Å². The second kappa shape index (κ2) is 13.6. The first-order valence-electron chi connectivity index (χ1n) is 19.4. The highest BCUT2D eigenvalue weighted by Crippen LogP contribution is 2.45. The third kappa shape index (κ3) is 5.60. The minimum atomic E-state index is 0.857. The lowest BCUT2D eigenvalue weighted by atomic mass is 9.93. The zero-order valence-electron chi connectivity index (χ0n) is 31.1. The molecule has 0 aliphatic rings. The Morgan fingerprint density at radius 1 is 0.351 bits per heavy atom. The van der Waals surface area contributed by atoms with E-state index >= 15 is 0 Å². The van der Waals surface area contributed by atoms with E-state index in [1.54, 1.807) is 0 Å². The van der Waals surface area contributed by atoms with Gasteiger partial charge in [0, 0.05) is 38.6 Å². The van der Waals surface area contributed by atoms with E-state index in [2.05, 4.69) is 216 Å². The van der Waals surface area contributed by atoms with Gasteiger partial charge in [-0.2, -0.15) is 0 Å². The molecule has 57 heavy (non-hydrogen) atoms. The normalized spacial score (nSPS) is 11.5. The summed E-state index contributed by atoms with van der Waals surface area (Å²) in [5.74, 6) is 0. The van der Waals surface area contributed by atoms with Gasteiger partial charge in [-0.25, -0.2) is 0 Å². The van der Waals surface area contributed by atoms with E-state index in [0.717, 1.165) is 55.8 Å². The molecular weight excluding hydrogens is 693 g/mol. The van der Waals surface area contributed by atoms with Crippen molar-refractivity contribution in [2.45, 2.75) is 0 Å². The first-order valence-corrected chi connectivity index (χ1v) is 19.4. The summed E-state index contributed by atoms with van der Waals surface area (Å²) in [5, 5.41) is 4.72. The number of benzene rings is 9. The smallest absolute Gasteiger partial charge is 0.159 e. The Bertz CT molecular complexity index is 3180. The molecule has 11 rings (SSSR count). The average molecular weight is 729 g/mol. The van der Waals surface area contributed by atoms with Crippen molar-refractivity contribution in [3.63, 3.8) is 0 Å². The van der Waals surface area contributed by atoms with Gasteiger partial charge in [0.15, 0.2) is 5.58 Å². The fourth-order valence-electron chi connectivity index (χ4n) is 8.56. The van der Waals surface area contributed by atoms with Crippen molar-refractivity contribution in [1.82, 2.24) is 4.57 Å². The Morgan fingerprint density at radius 3 is 1.63 bits per heavy atom. The van der Waals surface area contributed by atoms with Crippen LogP contribution in [0.2, 0.25) is 0 Å². The molecule has 11 aromatic rings. The molecule has 0 radical (unpaired) electrons. The van der Waals surface area contributed by atoms with E-state index < -0.39 is 0 Å². The number of hydrogen-bond donors (Lipinski definition) is 0. The average Bonchev–Trinajstić information content (AvgIpc) is 3.84. The largest absolute Gasteiger partial charge is 0.454 e. The Hall–Kier alpha value is -7.62. The number of hydrogen-bond acceptors (Lipinski definition) is 2. The second-order valence-corrected chi connectivity index (χ2v) is 14.5. The van der Waals surface area contributed by atoms with Gasteiger partial charge in [0.2, 0.25) is 0 Å². The van der Waals surface area contributed by atoms with Crippen molar-refractivity contribution >= 4 is 60.8 Å². The fraction of sp³-hybridized carbons (Fsp3) is 0. The SMILES string of the molecule is c1ccc(-c2ccc(N(c3ccc(-c4cccc(-n5c6ccccc6c6ccccc65)c4)cc3)c3cccc4c3oc3ccccc34)cc2-c2ccccc2)cc1. The molecule has 0 saturated heterocycles. The predicted molar refractivity (Wildman–Crippen MR) is 239 cm³/mol. The van der Waals surface area contributed by atoms with Gasteiger partial charge < -0.3 is 13.9 Å². The number of aromatic nitrogens is 1. The first-order chi connectivity index (χ1) is 28.3. The van der Waals surface area contributed by atoms with Crippen LogP contribution in [0.15, 0.2) is 223 Å². The van der Waals surface area contributed by atoms with Crippen LogP contribution in [0.25, 0.3) is 82.8 Å². The standard InChI is InChI=1S/C54H36N2O/c1-3-15-38(16-4-1)44-34-33-43(36-49(44)39-17-5-2-6-18-39)55(52-27-14-24-48-47-23-9-12-28-53(47)57-54(48)52)41-31-29-37(30-32-41)40-19-13-20-42(35-40)56-50-25-10-7-21-45(50)46-22-8-11-26-51(46)56/h1-36H. The Balaban J connectivity index is 1.07. The Morgan fingerprint density at radius 2 is 0.912 bits per heavy atom. The van der Waals surface area contributed by atoms with E-state index in [0.29, 0.717) is 0 Å². The highest BCUT2D eigenvalue weighted by atomic mass is 16.3.